The van der Waals surface area contributed by atoms with Crippen molar-refractivity contribution in [3.63, 3.8) is 0 Å². The van der Waals surface area contributed by atoms with Crippen LogP contribution in [0.3, 0.4) is 0 Å². The van der Waals surface area contributed by atoms with E-state index in [4.69, 9.17) is 0 Å². The van der Waals surface area contributed by atoms with E-state index in [1.807, 2.05) is 6.92 Å². The second-order valence-electron chi connectivity index (χ2n) is 3.94. The van der Waals surface area contributed by atoms with Crippen molar-refractivity contribution in [1.29, 1.82) is 0 Å². The quantitative estimate of drug-likeness (QED) is 0.575. The van der Waals surface area contributed by atoms with Gasteiger partial charge in [0.05, 0.1) is 6.10 Å². The van der Waals surface area contributed by atoms with Gasteiger partial charge < -0.3 is 5.11 Å². The Bertz CT molecular complexity index is 151. The Balaban J connectivity index is 2.50. The van der Waals surface area contributed by atoms with Crippen LogP contribution in [0.15, 0.2) is 12.2 Å². The molecular weight excluding hydrogens is 136 g/mol. The van der Waals surface area contributed by atoms with E-state index in [9.17, 15) is 5.11 Å². The summed E-state index contributed by atoms with van der Waals surface area (Å²) in [7, 11) is 0. The van der Waals surface area contributed by atoms with Gasteiger partial charge >= 0.3 is 0 Å². The zero-order valence-electron chi connectivity index (χ0n) is 7.51. The fourth-order valence-corrected chi connectivity index (χ4v) is 1.93. The summed E-state index contributed by atoms with van der Waals surface area (Å²) < 4.78 is 0. The molecule has 64 valence electrons. The van der Waals surface area contributed by atoms with Crippen molar-refractivity contribution >= 4 is 0 Å². The van der Waals surface area contributed by atoms with Gasteiger partial charge in [-0.2, -0.15) is 0 Å². The van der Waals surface area contributed by atoms with E-state index in [1.165, 1.54) is 6.42 Å². The van der Waals surface area contributed by atoms with E-state index in [0.29, 0.717) is 11.8 Å². The summed E-state index contributed by atoms with van der Waals surface area (Å²) in [5.41, 5.74) is 1.14. The molecule has 1 aliphatic rings. The lowest BCUT2D eigenvalue weighted by Crippen LogP contribution is -2.28. The van der Waals surface area contributed by atoms with Crippen molar-refractivity contribution in [3.8, 4) is 0 Å². The Morgan fingerprint density at radius 1 is 1.45 bits per heavy atom. The van der Waals surface area contributed by atoms with Crippen molar-refractivity contribution in [2.45, 2.75) is 39.2 Å². The van der Waals surface area contributed by atoms with Gasteiger partial charge in [0, 0.05) is 5.92 Å². The molecule has 1 aliphatic carbocycles. The van der Waals surface area contributed by atoms with Gasteiger partial charge in [0.25, 0.3) is 0 Å². The molecular formula is C10H18O. The Hall–Kier alpha value is -0.300. The van der Waals surface area contributed by atoms with Gasteiger partial charge in [-0.25, -0.2) is 0 Å². The second-order valence-corrected chi connectivity index (χ2v) is 3.94. The van der Waals surface area contributed by atoms with Gasteiger partial charge in [-0.15, -0.1) is 0 Å². The predicted molar refractivity (Wildman–Crippen MR) is 47.3 cm³/mol. The number of rotatable bonds is 1. The highest BCUT2D eigenvalue weighted by atomic mass is 16.3. The van der Waals surface area contributed by atoms with Gasteiger partial charge in [-0.3, -0.25) is 0 Å². The zero-order valence-corrected chi connectivity index (χ0v) is 7.51. The third kappa shape index (κ3) is 2.06. The first-order valence-electron chi connectivity index (χ1n) is 4.44. The lowest BCUT2D eigenvalue weighted by atomic mass is 9.78. The minimum atomic E-state index is -0.128. The fourth-order valence-electron chi connectivity index (χ4n) is 1.93. The molecule has 0 aliphatic heterocycles. The van der Waals surface area contributed by atoms with Crippen LogP contribution in [0.2, 0.25) is 0 Å². The molecule has 0 aromatic heterocycles. The van der Waals surface area contributed by atoms with E-state index in [0.717, 1.165) is 18.4 Å². The number of aliphatic hydroxyl groups is 1. The molecule has 0 radical (unpaired) electrons. The molecule has 0 spiro atoms. The maximum atomic E-state index is 9.65. The molecule has 1 heteroatoms. The summed E-state index contributed by atoms with van der Waals surface area (Å²) in [6.07, 6.45) is 3.19. The Morgan fingerprint density at radius 3 is 2.55 bits per heavy atom. The number of hydrogen-bond donors (Lipinski definition) is 1. The molecule has 0 amide bonds. The summed E-state index contributed by atoms with van der Waals surface area (Å²) in [5, 5.41) is 9.65. The van der Waals surface area contributed by atoms with E-state index in [2.05, 4.69) is 13.5 Å². The second kappa shape index (κ2) is 3.40. The van der Waals surface area contributed by atoms with Crippen LogP contribution in [-0.4, -0.2) is 11.2 Å². The normalized spacial score (nSPS) is 38.6. The van der Waals surface area contributed by atoms with Crippen LogP contribution in [0.25, 0.3) is 0 Å². The van der Waals surface area contributed by atoms with Crippen LogP contribution in [0.5, 0.6) is 0 Å². The third-order valence-corrected chi connectivity index (χ3v) is 2.71. The first-order valence-corrected chi connectivity index (χ1v) is 4.44. The summed E-state index contributed by atoms with van der Waals surface area (Å²) in [4.78, 5) is 0. The molecule has 1 saturated carbocycles. The van der Waals surface area contributed by atoms with Crippen molar-refractivity contribution in [2.75, 3.05) is 0 Å². The maximum Gasteiger partial charge on any atom is 0.0607 e. The molecule has 3 atom stereocenters. The fraction of sp³-hybridized carbons (Fsp3) is 0.800. The maximum absolute atomic E-state index is 9.65. The van der Waals surface area contributed by atoms with E-state index in [-0.39, 0.29) is 6.10 Å². The van der Waals surface area contributed by atoms with Crippen molar-refractivity contribution in [1.82, 2.24) is 0 Å². The minimum Gasteiger partial charge on any atom is -0.392 e. The van der Waals surface area contributed by atoms with E-state index < -0.39 is 0 Å². The van der Waals surface area contributed by atoms with Crippen molar-refractivity contribution in [3.05, 3.63) is 12.2 Å². The molecule has 1 fully saturated rings. The molecule has 0 aromatic rings. The molecule has 0 unspecified atom stereocenters. The molecule has 1 N–H and O–H groups in total. The standard InChI is InChI=1S/C10H18O/c1-7(2)9-5-4-8(3)6-10(9)11/h8-11H,1,4-6H2,2-3H3/t8-,9-,10-/m0/s1. The van der Waals surface area contributed by atoms with Gasteiger partial charge in [0.2, 0.25) is 0 Å². The first-order chi connectivity index (χ1) is 5.11. The summed E-state index contributed by atoms with van der Waals surface area (Å²) in [5.74, 6) is 1.06. The van der Waals surface area contributed by atoms with Crippen LogP contribution < -0.4 is 0 Å². The van der Waals surface area contributed by atoms with Crippen LogP contribution in [0.4, 0.5) is 0 Å². The largest absolute Gasteiger partial charge is 0.392 e. The zero-order chi connectivity index (χ0) is 8.43. The van der Waals surface area contributed by atoms with E-state index in [1.54, 1.807) is 0 Å². The van der Waals surface area contributed by atoms with Gasteiger partial charge in [-0.1, -0.05) is 19.1 Å². The monoisotopic (exact) mass is 154 g/mol. The molecule has 0 saturated heterocycles. The van der Waals surface area contributed by atoms with Crippen molar-refractivity contribution in [2.24, 2.45) is 11.8 Å². The first kappa shape index (κ1) is 8.79. The number of aliphatic hydroxyl groups excluding tert-OH is 1. The average molecular weight is 154 g/mol. The molecule has 0 heterocycles. The highest BCUT2D eigenvalue weighted by Gasteiger charge is 2.26. The molecule has 1 nitrogen and oxygen atoms in total. The number of hydrogen-bond acceptors (Lipinski definition) is 1. The minimum absolute atomic E-state index is 0.128. The van der Waals surface area contributed by atoms with Gasteiger partial charge in [0.1, 0.15) is 0 Å². The Labute approximate surface area is 69.1 Å². The average Bonchev–Trinajstić information content (AvgIpc) is 1.85. The van der Waals surface area contributed by atoms with Crippen LogP contribution >= 0.6 is 0 Å². The molecule has 1 rings (SSSR count). The highest BCUT2D eigenvalue weighted by Crippen LogP contribution is 2.32. The molecule has 11 heavy (non-hydrogen) atoms. The Morgan fingerprint density at radius 2 is 2.09 bits per heavy atom. The lowest BCUT2D eigenvalue weighted by Gasteiger charge is -2.31. The highest BCUT2D eigenvalue weighted by molar-refractivity contribution is 5.01. The predicted octanol–water partition coefficient (Wildman–Crippen LogP) is 2.36. The SMILES string of the molecule is C=C(C)[C@@H]1CC[C@H](C)C[C@@H]1O. The van der Waals surface area contributed by atoms with E-state index >= 15 is 0 Å². The summed E-state index contributed by atoms with van der Waals surface area (Å²) in [6.45, 7) is 8.12. The van der Waals surface area contributed by atoms with Crippen LogP contribution in [-0.2, 0) is 0 Å². The smallest absolute Gasteiger partial charge is 0.0607 e. The van der Waals surface area contributed by atoms with Gasteiger partial charge in [0.15, 0.2) is 0 Å². The Kier molecular flexibility index (Phi) is 2.72. The van der Waals surface area contributed by atoms with Crippen LogP contribution in [0.1, 0.15) is 33.1 Å². The third-order valence-electron chi connectivity index (χ3n) is 2.71. The van der Waals surface area contributed by atoms with Crippen molar-refractivity contribution < 1.29 is 5.11 Å². The summed E-state index contributed by atoms with van der Waals surface area (Å²) >= 11 is 0. The molecule has 0 bridgehead atoms. The molecule has 0 aromatic carbocycles. The summed E-state index contributed by atoms with van der Waals surface area (Å²) in [6, 6.07) is 0. The van der Waals surface area contributed by atoms with Crippen LogP contribution in [0, 0.1) is 11.8 Å². The topological polar surface area (TPSA) is 20.2 Å². The van der Waals surface area contributed by atoms with Gasteiger partial charge in [-0.05, 0) is 32.1 Å². The lowest BCUT2D eigenvalue weighted by molar-refractivity contribution is 0.0656.